The van der Waals surface area contributed by atoms with Gasteiger partial charge in [0.2, 0.25) is 0 Å². The standard InChI is InChI=1S/C15H20N2O2/c16-9-13-5-6-14(19-13)15(18)17-8-7-11-3-1-2-4-12(11)10-17/h1-4,13-14H,5-10,16H2/t13-,14+/m1/s1. The molecular formula is C15H20N2O2. The number of ether oxygens (including phenoxy) is 1. The van der Waals surface area contributed by atoms with Crippen molar-refractivity contribution < 1.29 is 9.53 Å². The first kappa shape index (κ1) is 12.6. The number of fused-ring (bicyclic) bond motifs is 1. The molecule has 1 aromatic rings. The van der Waals surface area contributed by atoms with E-state index < -0.39 is 0 Å². The molecule has 4 nitrogen and oxygen atoms in total. The maximum absolute atomic E-state index is 12.4. The first-order valence-corrected chi connectivity index (χ1v) is 6.99. The summed E-state index contributed by atoms with van der Waals surface area (Å²) in [5.41, 5.74) is 8.21. The SMILES string of the molecule is NC[C@H]1CC[C@@H](C(=O)N2CCc3ccccc3C2)O1. The van der Waals surface area contributed by atoms with Gasteiger partial charge in [-0.05, 0) is 30.4 Å². The molecule has 19 heavy (non-hydrogen) atoms. The predicted octanol–water partition coefficient (Wildman–Crippen LogP) is 1.08. The van der Waals surface area contributed by atoms with Crippen molar-refractivity contribution in [3.63, 3.8) is 0 Å². The highest BCUT2D eigenvalue weighted by Gasteiger charge is 2.33. The Hall–Kier alpha value is -1.39. The summed E-state index contributed by atoms with van der Waals surface area (Å²) < 4.78 is 5.70. The third-order valence-electron chi connectivity index (χ3n) is 4.09. The Morgan fingerprint density at radius 1 is 1.32 bits per heavy atom. The van der Waals surface area contributed by atoms with Gasteiger partial charge in [-0.15, -0.1) is 0 Å². The summed E-state index contributed by atoms with van der Waals surface area (Å²) in [6.45, 7) is 2.01. The molecule has 2 N–H and O–H groups in total. The lowest BCUT2D eigenvalue weighted by Crippen LogP contribution is -2.42. The van der Waals surface area contributed by atoms with Crippen LogP contribution in [0.4, 0.5) is 0 Å². The van der Waals surface area contributed by atoms with Crippen molar-refractivity contribution in [2.45, 2.75) is 38.0 Å². The van der Waals surface area contributed by atoms with Gasteiger partial charge in [-0.25, -0.2) is 0 Å². The van der Waals surface area contributed by atoms with Crippen LogP contribution in [0.25, 0.3) is 0 Å². The third-order valence-corrected chi connectivity index (χ3v) is 4.09. The van der Waals surface area contributed by atoms with Crippen LogP contribution in [0, 0.1) is 0 Å². The normalized spacial score (nSPS) is 26.3. The number of hydrogen-bond acceptors (Lipinski definition) is 3. The quantitative estimate of drug-likeness (QED) is 0.865. The average molecular weight is 260 g/mol. The second-order valence-electron chi connectivity index (χ2n) is 5.34. The summed E-state index contributed by atoms with van der Waals surface area (Å²) in [5, 5.41) is 0. The van der Waals surface area contributed by atoms with Gasteiger partial charge in [0, 0.05) is 19.6 Å². The lowest BCUT2D eigenvalue weighted by Gasteiger charge is -2.30. The van der Waals surface area contributed by atoms with Crippen molar-refractivity contribution in [2.24, 2.45) is 5.73 Å². The van der Waals surface area contributed by atoms with Gasteiger partial charge in [0.15, 0.2) is 0 Å². The van der Waals surface area contributed by atoms with Crippen molar-refractivity contribution in [3.05, 3.63) is 35.4 Å². The molecule has 102 valence electrons. The number of benzene rings is 1. The molecule has 1 aromatic carbocycles. The summed E-state index contributed by atoms with van der Waals surface area (Å²) in [5.74, 6) is 0.130. The molecule has 0 spiro atoms. The lowest BCUT2D eigenvalue weighted by molar-refractivity contribution is -0.143. The molecule has 4 heteroatoms. The molecule has 1 fully saturated rings. The van der Waals surface area contributed by atoms with Crippen molar-refractivity contribution >= 4 is 5.91 Å². The number of nitrogens with zero attached hydrogens (tertiary/aromatic N) is 1. The molecule has 1 saturated heterocycles. The van der Waals surface area contributed by atoms with Crippen LogP contribution >= 0.6 is 0 Å². The van der Waals surface area contributed by atoms with E-state index in [0.29, 0.717) is 13.1 Å². The fourth-order valence-electron chi connectivity index (χ4n) is 2.95. The van der Waals surface area contributed by atoms with Crippen LogP contribution in [0.2, 0.25) is 0 Å². The molecule has 0 radical (unpaired) electrons. The molecule has 0 aromatic heterocycles. The first-order valence-electron chi connectivity index (χ1n) is 6.99. The van der Waals surface area contributed by atoms with Crippen LogP contribution in [-0.4, -0.2) is 36.1 Å². The Bertz CT molecular complexity index is 475. The van der Waals surface area contributed by atoms with E-state index >= 15 is 0 Å². The van der Waals surface area contributed by atoms with Crippen LogP contribution in [0.15, 0.2) is 24.3 Å². The summed E-state index contributed by atoms with van der Waals surface area (Å²) >= 11 is 0. The average Bonchev–Trinajstić information content (AvgIpc) is 2.95. The highest BCUT2D eigenvalue weighted by Crippen LogP contribution is 2.24. The minimum atomic E-state index is -0.279. The van der Waals surface area contributed by atoms with Gasteiger partial charge in [-0.1, -0.05) is 24.3 Å². The van der Waals surface area contributed by atoms with Gasteiger partial charge in [-0.3, -0.25) is 4.79 Å². The van der Waals surface area contributed by atoms with E-state index in [9.17, 15) is 4.79 Å². The van der Waals surface area contributed by atoms with E-state index in [1.807, 2.05) is 11.0 Å². The molecule has 0 bridgehead atoms. The van der Waals surface area contributed by atoms with Gasteiger partial charge >= 0.3 is 0 Å². The zero-order chi connectivity index (χ0) is 13.2. The van der Waals surface area contributed by atoms with Crippen LogP contribution in [0.5, 0.6) is 0 Å². The maximum Gasteiger partial charge on any atom is 0.252 e. The minimum Gasteiger partial charge on any atom is -0.364 e. The first-order chi connectivity index (χ1) is 9.28. The Balaban J connectivity index is 1.66. The van der Waals surface area contributed by atoms with Gasteiger partial charge in [0.1, 0.15) is 6.10 Å². The monoisotopic (exact) mass is 260 g/mol. The molecule has 0 saturated carbocycles. The number of nitrogens with two attached hydrogens (primary N) is 1. The zero-order valence-electron chi connectivity index (χ0n) is 11.0. The third kappa shape index (κ3) is 2.51. The second-order valence-corrected chi connectivity index (χ2v) is 5.34. The minimum absolute atomic E-state index is 0.0611. The Morgan fingerprint density at radius 2 is 2.11 bits per heavy atom. The fraction of sp³-hybridized carbons (Fsp3) is 0.533. The van der Waals surface area contributed by atoms with Gasteiger partial charge in [0.05, 0.1) is 6.10 Å². The number of amides is 1. The smallest absolute Gasteiger partial charge is 0.252 e. The van der Waals surface area contributed by atoms with E-state index in [1.54, 1.807) is 0 Å². The summed E-state index contributed by atoms with van der Waals surface area (Å²) in [6, 6.07) is 8.34. The number of rotatable bonds is 2. The molecule has 0 aliphatic carbocycles. The molecule has 2 atom stereocenters. The van der Waals surface area contributed by atoms with Crippen molar-refractivity contribution in [1.82, 2.24) is 4.90 Å². The topological polar surface area (TPSA) is 55.6 Å². The summed E-state index contributed by atoms with van der Waals surface area (Å²) in [4.78, 5) is 14.4. The summed E-state index contributed by atoms with van der Waals surface area (Å²) in [7, 11) is 0. The number of carbonyl (C=O) groups excluding carboxylic acids is 1. The van der Waals surface area contributed by atoms with Crippen molar-refractivity contribution in [1.29, 1.82) is 0 Å². The maximum atomic E-state index is 12.4. The van der Waals surface area contributed by atoms with Crippen LogP contribution < -0.4 is 5.73 Å². The molecule has 2 heterocycles. The molecular weight excluding hydrogens is 240 g/mol. The Morgan fingerprint density at radius 3 is 2.84 bits per heavy atom. The Labute approximate surface area is 113 Å². The Kier molecular flexibility index (Phi) is 3.53. The lowest BCUT2D eigenvalue weighted by atomic mass is 9.99. The van der Waals surface area contributed by atoms with Gasteiger partial charge < -0.3 is 15.4 Å². The molecule has 0 unspecified atom stereocenters. The molecule has 1 amide bonds. The largest absolute Gasteiger partial charge is 0.364 e. The van der Waals surface area contributed by atoms with Crippen molar-refractivity contribution in [2.75, 3.05) is 13.1 Å². The van der Waals surface area contributed by atoms with E-state index in [2.05, 4.69) is 18.2 Å². The fourth-order valence-corrected chi connectivity index (χ4v) is 2.95. The van der Waals surface area contributed by atoms with Crippen LogP contribution in [-0.2, 0) is 22.5 Å². The number of carbonyl (C=O) groups is 1. The zero-order valence-corrected chi connectivity index (χ0v) is 11.0. The van der Waals surface area contributed by atoms with Crippen LogP contribution in [0.3, 0.4) is 0 Å². The molecule has 2 aliphatic heterocycles. The van der Waals surface area contributed by atoms with E-state index in [1.165, 1.54) is 11.1 Å². The van der Waals surface area contributed by atoms with Gasteiger partial charge in [-0.2, -0.15) is 0 Å². The summed E-state index contributed by atoms with van der Waals surface area (Å²) in [6.07, 6.45) is 2.43. The predicted molar refractivity (Wildman–Crippen MR) is 72.5 cm³/mol. The van der Waals surface area contributed by atoms with E-state index in [4.69, 9.17) is 10.5 Å². The van der Waals surface area contributed by atoms with E-state index in [0.717, 1.165) is 25.8 Å². The highest BCUT2D eigenvalue weighted by atomic mass is 16.5. The van der Waals surface area contributed by atoms with E-state index in [-0.39, 0.29) is 18.1 Å². The number of hydrogen-bond donors (Lipinski definition) is 1. The van der Waals surface area contributed by atoms with Crippen LogP contribution in [0.1, 0.15) is 24.0 Å². The molecule has 2 aliphatic rings. The highest BCUT2D eigenvalue weighted by molar-refractivity contribution is 5.81. The van der Waals surface area contributed by atoms with Gasteiger partial charge in [0.25, 0.3) is 5.91 Å². The molecule has 3 rings (SSSR count). The second kappa shape index (κ2) is 5.31. The van der Waals surface area contributed by atoms with Crippen molar-refractivity contribution in [3.8, 4) is 0 Å².